The largest absolute Gasteiger partial charge is 0.365 e. The van der Waals surface area contributed by atoms with E-state index < -0.39 is 0 Å². The van der Waals surface area contributed by atoms with Crippen molar-refractivity contribution in [2.24, 2.45) is 28.6 Å². The highest BCUT2D eigenvalue weighted by Gasteiger charge is 2.74. The Balaban J connectivity index is 1.54. The minimum absolute atomic E-state index is 0.346. The van der Waals surface area contributed by atoms with Crippen LogP contribution in [0.15, 0.2) is 0 Å². The second kappa shape index (κ2) is 3.65. The lowest BCUT2D eigenvalue weighted by Gasteiger charge is -2.58. The molecule has 0 amide bonds. The number of hydrogen-bond donors (Lipinski definition) is 0. The third-order valence-corrected chi connectivity index (χ3v) is 8.80. The molecule has 1 nitrogen and oxygen atoms in total. The standard InChI is InChI=1S/C19H30O/c1-17-8-5-6-14(17)13-12-16-19(20-16)10-4-3-9-18(19,2)15(13)7-11-17/h13-16H,3-12H2,1-2H3/t13-,14-,15-,16+,17-,18+,19?/m0/s1. The summed E-state index contributed by atoms with van der Waals surface area (Å²) in [6.45, 7) is 5.24. The Kier molecular flexibility index (Phi) is 2.28. The summed E-state index contributed by atoms with van der Waals surface area (Å²) in [4.78, 5) is 0. The van der Waals surface area contributed by atoms with Gasteiger partial charge in [-0.1, -0.05) is 33.1 Å². The average Bonchev–Trinajstić information content (AvgIpc) is 2.98. The predicted octanol–water partition coefficient (Wildman–Crippen LogP) is 4.94. The zero-order valence-electron chi connectivity index (χ0n) is 13.3. The number of rotatable bonds is 0. The quantitative estimate of drug-likeness (QED) is 0.570. The maximum absolute atomic E-state index is 6.45. The Labute approximate surface area is 123 Å². The van der Waals surface area contributed by atoms with E-state index in [-0.39, 0.29) is 0 Å². The summed E-state index contributed by atoms with van der Waals surface area (Å²) < 4.78 is 6.45. The lowest BCUT2D eigenvalue weighted by molar-refractivity contribution is -0.0878. The van der Waals surface area contributed by atoms with Crippen LogP contribution in [-0.2, 0) is 4.74 Å². The summed E-state index contributed by atoms with van der Waals surface area (Å²) in [7, 11) is 0. The maximum atomic E-state index is 6.45. The molecule has 0 aromatic rings. The second-order valence-electron chi connectivity index (χ2n) is 9.32. The van der Waals surface area contributed by atoms with Crippen LogP contribution in [0.3, 0.4) is 0 Å². The van der Waals surface area contributed by atoms with E-state index in [9.17, 15) is 0 Å². The first-order valence-corrected chi connectivity index (χ1v) is 9.27. The minimum atomic E-state index is 0.346. The maximum Gasteiger partial charge on any atom is 0.100 e. The first-order chi connectivity index (χ1) is 9.59. The smallest absolute Gasteiger partial charge is 0.100 e. The molecule has 5 fully saturated rings. The first-order valence-electron chi connectivity index (χ1n) is 9.27. The fourth-order valence-corrected chi connectivity index (χ4v) is 7.70. The lowest BCUT2D eigenvalue weighted by atomic mass is 9.45. The monoisotopic (exact) mass is 274 g/mol. The third-order valence-electron chi connectivity index (χ3n) is 8.80. The normalized spacial score (nSPS) is 63.9. The summed E-state index contributed by atoms with van der Waals surface area (Å²) in [5.74, 6) is 3.01. The van der Waals surface area contributed by atoms with Crippen molar-refractivity contribution in [3.05, 3.63) is 0 Å². The van der Waals surface area contributed by atoms with Crippen LogP contribution in [0.5, 0.6) is 0 Å². The van der Waals surface area contributed by atoms with Crippen LogP contribution in [0, 0.1) is 28.6 Å². The van der Waals surface area contributed by atoms with Crippen molar-refractivity contribution in [2.75, 3.05) is 0 Å². The van der Waals surface area contributed by atoms with Gasteiger partial charge < -0.3 is 4.74 Å². The summed E-state index contributed by atoms with van der Waals surface area (Å²) in [5, 5.41) is 0. The zero-order valence-corrected chi connectivity index (χ0v) is 13.3. The summed E-state index contributed by atoms with van der Waals surface area (Å²) in [6, 6.07) is 0. The molecule has 0 aromatic heterocycles. The fraction of sp³-hybridized carbons (Fsp3) is 1.00. The molecule has 0 aromatic carbocycles. The molecule has 5 aliphatic rings. The molecule has 4 aliphatic carbocycles. The zero-order chi connectivity index (χ0) is 13.6. The van der Waals surface area contributed by atoms with E-state index in [1.165, 1.54) is 64.2 Å². The Morgan fingerprint density at radius 2 is 1.70 bits per heavy atom. The molecular weight excluding hydrogens is 244 g/mol. The Bertz CT molecular complexity index is 445. The molecule has 7 atom stereocenters. The fourth-order valence-electron chi connectivity index (χ4n) is 7.70. The van der Waals surface area contributed by atoms with Crippen LogP contribution in [-0.4, -0.2) is 11.7 Å². The third kappa shape index (κ3) is 1.26. The van der Waals surface area contributed by atoms with Gasteiger partial charge in [-0.3, -0.25) is 0 Å². The number of hydrogen-bond acceptors (Lipinski definition) is 1. The van der Waals surface area contributed by atoms with Crippen molar-refractivity contribution in [3.63, 3.8) is 0 Å². The van der Waals surface area contributed by atoms with Crippen molar-refractivity contribution in [3.8, 4) is 0 Å². The van der Waals surface area contributed by atoms with E-state index in [1.54, 1.807) is 0 Å². The molecule has 0 N–H and O–H groups in total. The van der Waals surface area contributed by atoms with E-state index >= 15 is 0 Å². The highest BCUT2D eigenvalue weighted by atomic mass is 16.6. The van der Waals surface area contributed by atoms with E-state index in [4.69, 9.17) is 4.74 Å². The summed E-state index contributed by atoms with van der Waals surface area (Å²) >= 11 is 0. The molecule has 20 heavy (non-hydrogen) atoms. The molecule has 1 saturated heterocycles. The molecule has 1 heteroatoms. The van der Waals surface area contributed by atoms with Gasteiger partial charge in [0, 0.05) is 5.41 Å². The van der Waals surface area contributed by atoms with Gasteiger partial charge in [0.05, 0.1) is 6.10 Å². The van der Waals surface area contributed by atoms with Gasteiger partial charge in [0.1, 0.15) is 5.60 Å². The Morgan fingerprint density at radius 3 is 2.60 bits per heavy atom. The van der Waals surface area contributed by atoms with Gasteiger partial charge in [0.2, 0.25) is 0 Å². The molecule has 1 aliphatic heterocycles. The molecule has 0 radical (unpaired) electrons. The van der Waals surface area contributed by atoms with Gasteiger partial charge in [0.15, 0.2) is 0 Å². The van der Waals surface area contributed by atoms with Gasteiger partial charge in [-0.2, -0.15) is 0 Å². The van der Waals surface area contributed by atoms with Gasteiger partial charge in [0.25, 0.3) is 0 Å². The Morgan fingerprint density at radius 1 is 0.850 bits per heavy atom. The Hall–Kier alpha value is -0.0400. The highest BCUT2D eigenvalue weighted by molar-refractivity contribution is 5.22. The average molecular weight is 274 g/mol. The van der Waals surface area contributed by atoms with Crippen LogP contribution in [0.1, 0.15) is 78.1 Å². The van der Waals surface area contributed by atoms with E-state index in [1.807, 2.05) is 0 Å². The van der Waals surface area contributed by atoms with Gasteiger partial charge in [-0.05, 0) is 68.1 Å². The van der Waals surface area contributed by atoms with Crippen molar-refractivity contribution < 1.29 is 4.74 Å². The SMILES string of the molecule is C[C@@]12CCC[C@H]1[C@@H]1C[C@H]3OC34CCCC[C@]4(C)[C@H]1CC2. The van der Waals surface area contributed by atoms with Crippen LogP contribution < -0.4 is 0 Å². The predicted molar refractivity (Wildman–Crippen MR) is 80.5 cm³/mol. The van der Waals surface area contributed by atoms with E-state index in [0.717, 1.165) is 17.8 Å². The van der Waals surface area contributed by atoms with Crippen molar-refractivity contribution in [1.29, 1.82) is 0 Å². The number of fused-ring (bicyclic) bond motifs is 4. The van der Waals surface area contributed by atoms with Gasteiger partial charge in [-0.25, -0.2) is 0 Å². The molecule has 5 rings (SSSR count). The molecule has 1 spiro atoms. The van der Waals surface area contributed by atoms with E-state index in [0.29, 0.717) is 22.5 Å². The summed E-state index contributed by atoms with van der Waals surface area (Å²) in [6.07, 6.45) is 15.3. The number of ether oxygens (including phenoxy) is 1. The lowest BCUT2D eigenvalue weighted by Crippen LogP contribution is -2.56. The topological polar surface area (TPSA) is 12.5 Å². The minimum Gasteiger partial charge on any atom is -0.365 e. The van der Waals surface area contributed by atoms with Crippen molar-refractivity contribution >= 4 is 0 Å². The van der Waals surface area contributed by atoms with Crippen LogP contribution in [0.25, 0.3) is 0 Å². The molecular formula is C19H30O. The molecule has 0 bridgehead atoms. The van der Waals surface area contributed by atoms with Gasteiger partial charge in [-0.15, -0.1) is 0 Å². The van der Waals surface area contributed by atoms with Crippen LogP contribution >= 0.6 is 0 Å². The van der Waals surface area contributed by atoms with Crippen LogP contribution in [0.2, 0.25) is 0 Å². The van der Waals surface area contributed by atoms with E-state index in [2.05, 4.69) is 13.8 Å². The molecule has 1 unspecified atom stereocenters. The first kappa shape index (κ1) is 12.5. The summed E-state index contributed by atoms with van der Waals surface area (Å²) in [5.41, 5.74) is 1.57. The highest BCUT2D eigenvalue weighted by Crippen LogP contribution is 2.73. The number of epoxide rings is 1. The van der Waals surface area contributed by atoms with Crippen molar-refractivity contribution in [2.45, 2.75) is 89.8 Å². The molecule has 1 heterocycles. The van der Waals surface area contributed by atoms with Crippen LogP contribution in [0.4, 0.5) is 0 Å². The molecule has 4 saturated carbocycles. The second-order valence-corrected chi connectivity index (χ2v) is 9.32. The van der Waals surface area contributed by atoms with Crippen molar-refractivity contribution in [1.82, 2.24) is 0 Å². The molecule has 112 valence electrons. The van der Waals surface area contributed by atoms with Gasteiger partial charge >= 0.3 is 0 Å².